The Morgan fingerprint density at radius 2 is 1.92 bits per heavy atom. The van der Waals surface area contributed by atoms with Gasteiger partial charge in [0.1, 0.15) is 17.8 Å². The van der Waals surface area contributed by atoms with Gasteiger partial charge in [0.2, 0.25) is 5.91 Å². The lowest BCUT2D eigenvalue weighted by Gasteiger charge is -2.14. The summed E-state index contributed by atoms with van der Waals surface area (Å²) in [6, 6.07) is 10.6. The van der Waals surface area contributed by atoms with Gasteiger partial charge in [0.25, 0.3) is 0 Å². The Morgan fingerprint density at radius 3 is 2.59 bits per heavy atom. The first-order chi connectivity index (χ1) is 18.6. The van der Waals surface area contributed by atoms with E-state index in [0.717, 1.165) is 6.07 Å². The van der Waals surface area contributed by atoms with Gasteiger partial charge < -0.3 is 24.4 Å². The number of nitrogens with one attached hydrogen (secondary N) is 1. The maximum absolute atomic E-state index is 14.9. The number of anilines is 1. The number of amides is 1. The van der Waals surface area contributed by atoms with Gasteiger partial charge in [-0.15, -0.1) is 0 Å². The first-order valence-corrected chi connectivity index (χ1v) is 12.0. The van der Waals surface area contributed by atoms with Crippen LogP contribution in [-0.4, -0.2) is 47.7 Å². The molecule has 4 aromatic rings. The van der Waals surface area contributed by atoms with Crippen LogP contribution in [0.2, 0.25) is 0 Å². The first-order valence-electron chi connectivity index (χ1n) is 12.0. The number of alkyl halides is 3. The molecule has 8 nitrogen and oxygen atoms in total. The van der Waals surface area contributed by atoms with Crippen molar-refractivity contribution in [1.29, 1.82) is 0 Å². The molecule has 0 aliphatic heterocycles. The maximum atomic E-state index is 14.9. The van der Waals surface area contributed by atoms with Crippen LogP contribution in [0.4, 0.5) is 23.4 Å². The predicted octanol–water partition coefficient (Wildman–Crippen LogP) is 5.18. The van der Waals surface area contributed by atoms with Gasteiger partial charge in [0, 0.05) is 29.3 Å². The number of aromatic nitrogens is 2. The fourth-order valence-electron chi connectivity index (χ4n) is 4.31. The van der Waals surface area contributed by atoms with Gasteiger partial charge in [-0.3, -0.25) is 9.78 Å². The van der Waals surface area contributed by atoms with Crippen molar-refractivity contribution in [2.75, 3.05) is 25.6 Å². The molecule has 0 saturated heterocycles. The molecular formula is C27H23F4N3O5. The van der Waals surface area contributed by atoms with Gasteiger partial charge in [0.15, 0.2) is 23.1 Å². The van der Waals surface area contributed by atoms with Crippen LogP contribution in [0.3, 0.4) is 0 Å². The van der Waals surface area contributed by atoms with E-state index in [1.54, 1.807) is 30.5 Å². The van der Waals surface area contributed by atoms with Crippen molar-refractivity contribution in [2.24, 2.45) is 0 Å². The fourth-order valence-corrected chi connectivity index (χ4v) is 4.31. The second kappa shape index (κ2) is 10.2. The minimum atomic E-state index is -4.47. The highest BCUT2D eigenvalue weighted by atomic mass is 19.4. The van der Waals surface area contributed by atoms with Gasteiger partial charge >= 0.3 is 6.18 Å². The summed E-state index contributed by atoms with van der Waals surface area (Å²) in [6.07, 6.45) is -3.46. The van der Waals surface area contributed by atoms with Crippen molar-refractivity contribution in [3.8, 4) is 22.6 Å². The van der Waals surface area contributed by atoms with Crippen molar-refractivity contribution < 1.29 is 41.5 Å². The smallest absolute Gasteiger partial charge is 0.401 e. The van der Waals surface area contributed by atoms with Crippen LogP contribution in [0.25, 0.3) is 22.0 Å². The van der Waals surface area contributed by atoms with Crippen LogP contribution in [-0.2, 0) is 16.6 Å². The normalized spacial score (nSPS) is 14.3. The molecule has 204 valence electrons. The molecule has 1 saturated carbocycles. The van der Waals surface area contributed by atoms with E-state index in [9.17, 15) is 22.4 Å². The van der Waals surface area contributed by atoms with Gasteiger partial charge in [-0.25, -0.2) is 4.39 Å². The monoisotopic (exact) mass is 545 g/mol. The van der Waals surface area contributed by atoms with Crippen molar-refractivity contribution >= 4 is 22.6 Å². The number of hydrogen-bond donors (Lipinski definition) is 2. The number of aliphatic hydroxyl groups excluding tert-OH is 1. The standard InChI is InChI=1S/C27H23F4N3O5/c1-37-21-12-20-17(10-22(21)38-7-6-35)8-18(14-32-20)15-2-3-16(19(28)9-15)11-25(36)33-24-13-23(39-34-24)26(4-5-26)27(29,30)31/h2-3,8-10,12-14,35H,4-7,11H2,1H3,(H,33,34,36). The van der Waals surface area contributed by atoms with Crippen LogP contribution in [0, 0.1) is 5.82 Å². The van der Waals surface area contributed by atoms with Gasteiger partial charge in [-0.1, -0.05) is 17.3 Å². The number of carbonyl (C=O) groups excluding carboxylic acids is 1. The number of methoxy groups -OCH3 is 1. The molecule has 0 atom stereocenters. The summed E-state index contributed by atoms with van der Waals surface area (Å²) >= 11 is 0. The summed E-state index contributed by atoms with van der Waals surface area (Å²) in [5.74, 6) is -0.928. The zero-order valence-electron chi connectivity index (χ0n) is 20.6. The van der Waals surface area contributed by atoms with Gasteiger partial charge in [-0.05, 0) is 42.2 Å². The molecule has 2 aromatic carbocycles. The number of benzene rings is 2. The fraction of sp³-hybridized carbons (Fsp3) is 0.296. The predicted molar refractivity (Wildman–Crippen MR) is 132 cm³/mol. The third kappa shape index (κ3) is 5.24. The number of carbonyl (C=O) groups is 1. The number of halogens is 4. The summed E-state index contributed by atoms with van der Waals surface area (Å²) in [5.41, 5.74) is -0.207. The molecule has 1 fully saturated rings. The van der Waals surface area contributed by atoms with E-state index >= 15 is 0 Å². The molecule has 2 heterocycles. The lowest BCUT2D eigenvalue weighted by Crippen LogP contribution is -2.28. The zero-order chi connectivity index (χ0) is 27.8. The third-order valence-corrected chi connectivity index (χ3v) is 6.59. The average molecular weight is 545 g/mol. The second-order valence-electron chi connectivity index (χ2n) is 9.18. The average Bonchev–Trinajstić information content (AvgIpc) is 3.61. The highest BCUT2D eigenvalue weighted by molar-refractivity contribution is 5.91. The Labute approximate surface area is 219 Å². The number of nitrogens with zero attached hydrogens (tertiary/aromatic N) is 2. The Morgan fingerprint density at radius 1 is 1.13 bits per heavy atom. The molecule has 1 aliphatic carbocycles. The minimum Gasteiger partial charge on any atom is -0.493 e. The van der Waals surface area contributed by atoms with Crippen LogP contribution in [0.5, 0.6) is 11.5 Å². The topological polar surface area (TPSA) is 107 Å². The van der Waals surface area contributed by atoms with E-state index in [0.29, 0.717) is 33.5 Å². The number of ether oxygens (including phenoxy) is 2. The van der Waals surface area contributed by atoms with Crippen LogP contribution >= 0.6 is 0 Å². The molecular weight excluding hydrogens is 522 g/mol. The van der Waals surface area contributed by atoms with Gasteiger partial charge in [-0.2, -0.15) is 13.2 Å². The van der Waals surface area contributed by atoms with E-state index in [1.807, 2.05) is 0 Å². The quantitative estimate of drug-likeness (QED) is 0.279. The van der Waals surface area contributed by atoms with E-state index < -0.39 is 23.3 Å². The molecule has 2 N–H and O–H groups in total. The SMILES string of the molecule is COc1cc2ncc(-c3ccc(CC(=O)Nc4cc(C5(C(F)(F)F)CC5)on4)c(F)c3)cc2cc1OCCO. The van der Waals surface area contributed by atoms with E-state index in [1.165, 1.54) is 19.2 Å². The molecule has 5 rings (SSSR count). The van der Waals surface area contributed by atoms with Gasteiger partial charge in [0.05, 0.1) is 25.7 Å². The van der Waals surface area contributed by atoms with Crippen LogP contribution in [0.1, 0.15) is 24.2 Å². The van der Waals surface area contributed by atoms with Crippen molar-refractivity contribution in [3.63, 3.8) is 0 Å². The second-order valence-corrected chi connectivity index (χ2v) is 9.18. The summed E-state index contributed by atoms with van der Waals surface area (Å²) < 4.78 is 70.4. The largest absolute Gasteiger partial charge is 0.493 e. The highest BCUT2D eigenvalue weighted by Gasteiger charge is 2.66. The molecule has 2 aromatic heterocycles. The van der Waals surface area contributed by atoms with E-state index in [-0.39, 0.29) is 49.6 Å². The maximum Gasteiger partial charge on any atom is 0.401 e. The Balaban J connectivity index is 1.30. The summed E-state index contributed by atoms with van der Waals surface area (Å²) in [6.45, 7) is -0.0804. The van der Waals surface area contributed by atoms with E-state index in [2.05, 4.69) is 15.5 Å². The Kier molecular flexibility index (Phi) is 6.89. The van der Waals surface area contributed by atoms with Crippen molar-refractivity contribution in [3.05, 3.63) is 65.8 Å². The Hall–Kier alpha value is -4.19. The van der Waals surface area contributed by atoms with Crippen LogP contribution in [0.15, 0.2) is 53.2 Å². The number of rotatable bonds is 9. The first kappa shape index (κ1) is 26.4. The molecule has 0 radical (unpaired) electrons. The van der Waals surface area contributed by atoms with Crippen molar-refractivity contribution in [1.82, 2.24) is 10.1 Å². The number of pyridine rings is 1. The van der Waals surface area contributed by atoms with E-state index in [4.69, 9.17) is 19.1 Å². The third-order valence-electron chi connectivity index (χ3n) is 6.59. The minimum absolute atomic E-state index is 0.0847. The number of aliphatic hydroxyl groups is 1. The summed E-state index contributed by atoms with van der Waals surface area (Å²) in [4.78, 5) is 16.9. The van der Waals surface area contributed by atoms with Crippen LogP contribution < -0.4 is 14.8 Å². The number of hydrogen-bond acceptors (Lipinski definition) is 7. The molecule has 39 heavy (non-hydrogen) atoms. The summed E-state index contributed by atoms with van der Waals surface area (Å²) in [5, 5.41) is 15.6. The summed E-state index contributed by atoms with van der Waals surface area (Å²) in [7, 11) is 1.49. The Bertz CT molecular complexity index is 1530. The molecule has 0 bridgehead atoms. The molecule has 0 unspecified atom stereocenters. The molecule has 0 spiro atoms. The van der Waals surface area contributed by atoms with Crippen molar-refractivity contribution in [2.45, 2.75) is 30.9 Å². The molecule has 12 heteroatoms. The number of fused-ring (bicyclic) bond motifs is 1. The molecule has 1 amide bonds. The molecule has 1 aliphatic rings. The lowest BCUT2D eigenvalue weighted by atomic mass is 10.0. The zero-order valence-corrected chi connectivity index (χ0v) is 20.6. The lowest BCUT2D eigenvalue weighted by molar-refractivity contribution is -0.165. The highest BCUT2D eigenvalue weighted by Crippen LogP contribution is 2.59.